The van der Waals surface area contributed by atoms with Crippen LogP contribution in [0, 0.1) is 6.92 Å². The Bertz CT molecular complexity index is 420. The van der Waals surface area contributed by atoms with Crippen LogP contribution in [0.5, 0.6) is 0 Å². The number of hydrogen-bond acceptors (Lipinski definition) is 3. The number of carbonyl (C=O) groups excluding carboxylic acids is 1. The van der Waals surface area contributed by atoms with Crippen LogP contribution in [-0.4, -0.2) is 18.3 Å². The Morgan fingerprint density at radius 3 is 2.69 bits per heavy atom. The molecule has 84 valence electrons. The monoisotopic (exact) mass is 234 g/mol. The summed E-state index contributed by atoms with van der Waals surface area (Å²) in [4.78, 5) is 12.5. The second kappa shape index (κ2) is 4.74. The minimum atomic E-state index is -0.136. The number of hydrogen-bond donors (Lipinski definition) is 0. The van der Waals surface area contributed by atoms with Crippen LogP contribution in [0.25, 0.3) is 4.91 Å². The van der Waals surface area contributed by atoms with Gasteiger partial charge in [-0.15, -0.1) is 11.8 Å². The van der Waals surface area contributed by atoms with Gasteiger partial charge in [0.1, 0.15) is 5.25 Å². The number of ether oxygens (including phenoxy) is 1. The summed E-state index contributed by atoms with van der Waals surface area (Å²) in [6, 6.07) is 8.35. The van der Waals surface area contributed by atoms with Crippen molar-refractivity contribution in [1.29, 1.82) is 0 Å². The molecule has 1 atom stereocenters. The van der Waals surface area contributed by atoms with E-state index < -0.39 is 0 Å². The lowest BCUT2D eigenvalue weighted by molar-refractivity contribution is -0.139. The van der Waals surface area contributed by atoms with Gasteiger partial charge in [-0.05, 0) is 18.9 Å². The number of thioether (sulfide) groups is 1. The molecule has 0 fully saturated rings. The van der Waals surface area contributed by atoms with Gasteiger partial charge in [0.25, 0.3) is 0 Å². The van der Waals surface area contributed by atoms with Crippen molar-refractivity contribution < 1.29 is 9.53 Å². The van der Waals surface area contributed by atoms with E-state index in [0.29, 0.717) is 0 Å². The third kappa shape index (κ3) is 2.30. The van der Waals surface area contributed by atoms with Crippen LogP contribution in [0.4, 0.5) is 0 Å². The third-order valence-corrected chi connectivity index (χ3v) is 3.91. The zero-order valence-corrected chi connectivity index (χ0v) is 10.2. The van der Waals surface area contributed by atoms with Crippen molar-refractivity contribution in [2.24, 2.45) is 0 Å². The molecule has 1 aromatic rings. The van der Waals surface area contributed by atoms with Crippen LogP contribution in [0.2, 0.25) is 0 Å². The first-order valence-corrected chi connectivity index (χ1v) is 6.10. The van der Waals surface area contributed by atoms with E-state index in [-0.39, 0.29) is 11.2 Å². The number of aryl methyl sites for hydroxylation is 1. The van der Waals surface area contributed by atoms with E-state index >= 15 is 0 Å². The van der Waals surface area contributed by atoms with Gasteiger partial charge in [0.15, 0.2) is 0 Å². The highest BCUT2D eigenvalue weighted by molar-refractivity contribution is 8.09. The Morgan fingerprint density at radius 1 is 1.38 bits per heavy atom. The molecular formula is C13H14O2S. The van der Waals surface area contributed by atoms with E-state index in [1.807, 2.05) is 0 Å². The molecule has 3 heteroatoms. The van der Waals surface area contributed by atoms with Gasteiger partial charge in [-0.25, -0.2) is 0 Å². The highest BCUT2D eigenvalue weighted by Crippen LogP contribution is 2.39. The summed E-state index contributed by atoms with van der Waals surface area (Å²) in [6.45, 7) is 2.07. The standard InChI is InChI=1S/C13H14O2S/c1-9-3-5-10(6-4-9)11-7-8-12(16-11)13(14)15-2/h3-7,12H,8H2,1-2H3. The molecule has 2 rings (SSSR count). The normalized spacial score (nSPS) is 19.4. The largest absolute Gasteiger partial charge is 0.468 e. The summed E-state index contributed by atoms with van der Waals surface area (Å²) < 4.78 is 4.74. The molecule has 2 nitrogen and oxygen atoms in total. The molecule has 0 radical (unpaired) electrons. The number of esters is 1. The molecule has 0 saturated carbocycles. The van der Waals surface area contributed by atoms with Crippen LogP contribution < -0.4 is 0 Å². The average molecular weight is 234 g/mol. The molecule has 1 aliphatic rings. The molecule has 0 aliphatic carbocycles. The van der Waals surface area contributed by atoms with Gasteiger partial charge in [-0.2, -0.15) is 0 Å². The van der Waals surface area contributed by atoms with Crippen molar-refractivity contribution >= 4 is 22.6 Å². The smallest absolute Gasteiger partial charge is 0.319 e. The van der Waals surface area contributed by atoms with Gasteiger partial charge in [0, 0.05) is 4.91 Å². The molecule has 0 spiro atoms. The second-order valence-electron chi connectivity index (χ2n) is 3.80. The van der Waals surface area contributed by atoms with E-state index in [9.17, 15) is 4.79 Å². The fourth-order valence-electron chi connectivity index (χ4n) is 1.64. The molecule has 0 amide bonds. The maximum atomic E-state index is 11.4. The van der Waals surface area contributed by atoms with Crippen molar-refractivity contribution in [2.75, 3.05) is 7.11 Å². The van der Waals surface area contributed by atoms with Crippen LogP contribution in [0.3, 0.4) is 0 Å². The molecule has 0 bridgehead atoms. The van der Waals surface area contributed by atoms with Crippen LogP contribution in [0.1, 0.15) is 17.5 Å². The first-order valence-electron chi connectivity index (χ1n) is 5.22. The van der Waals surface area contributed by atoms with Gasteiger partial charge in [0.2, 0.25) is 0 Å². The quantitative estimate of drug-likeness (QED) is 0.736. The summed E-state index contributed by atoms with van der Waals surface area (Å²) in [5.41, 5.74) is 2.43. The van der Waals surface area contributed by atoms with Crippen LogP contribution in [-0.2, 0) is 9.53 Å². The molecule has 0 saturated heterocycles. The van der Waals surface area contributed by atoms with Crippen LogP contribution in [0.15, 0.2) is 30.3 Å². The van der Waals surface area contributed by atoms with E-state index in [1.54, 1.807) is 11.8 Å². The Kier molecular flexibility index (Phi) is 3.34. The summed E-state index contributed by atoms with van der Waals surface area (Å²) in [7, 11) is 1.44. The highest BCUT2D eigenvalue weighted by atomic mass is 32.2. The number of methoxy groups -OCH3 is 1. The molecule has 1 unspecified atom stereocenters. The Balaban J connectivity index is 2.08. The van der Waals surface area contributed by atoms with E-state index in [2.05, 4.69) is 37.3 Å². The van der Waals surface area contributed by atoms with E-state index in [4.69, 9.17) is 4.74 Å². The molecular weight excluding hydrogens is 220 g/mol. The van der Waals surface area contributed by atoms with E-state index in [0.717, 1.165) is 6.42 Å². The molecule has 0 N–H and O–H groups in total. The first kappa shape index (κ1) is 11.3. The van der Waals surface area contributed by atoms with Gasteiger partial charge in [-0.1, -0.05) is 35.9 Å². The summed E-state index contributed by atoms with van der Waals surface area (Å²) in [6.07, 6.45) is 2.87. The lowest BCUT2D eigenvalue weighted by Crippen LogP contribution is -2.15. The molecule has 16 heavy (non-hydrogen) atoms. The zero-order valence-electron chi connectivity index (χ0n) is 9.40. The van der Waals surface area contributed by atoms with E-state index in [1.165, 1.54) is 23.1 Å². The van der Waals surface area contributed by atoms with Crippen molar-refractivity contribution in [3.63, 3.8) is 0 Å². The molecule has 1 heterocycles. The Hall–Kier alpha value is -1.22. The maximum Gasteiger partial charge on any atom is 0.319 e. The summed E-state index contributed by atoms with van der Waals surface area (Å²) >= 11 is 1.59. The zero-order chi connectivity index (χ0) is 11.5. The van der Waals surface area contributed by atoms with Crippen molar-refractivity contribution in [2.45, 2.75) is 18.6 Å². The fraction of sp³-hybridized carbons (Fsp3) is 0.308. The number of allylic oxidation sites excluding steroid dienone is 1. The molecule has 1 aliphatic heterocycles. The lowest BCUT2D eigenvalue weighted by Gasteiger charge is -2.07. The Morgan fingerprint density at radius 2 is 2.06 bits per heavy atom. The number of benzene rings is 1. The SMILES string of the molecule is COC(=O)C1CC=C(c2ccc(C)cc2)S1. The van der Waals surface area contributed by atoms with Gasteiger partial charge in [-0.3, -0.25) is 4.79 Å². The molecule has 0 aromatic heterocycles. The summed E-state index contributed by atoms with van der Waals surface area (Å²) in [5, 5.41) is -0.0682. The van der Waals surface area contributed by atoms with Gasteiger partial charge in [0.05, 0.1) is 7.11 Å². The minimum absolute atomic E-state index is 0.0682. The first-order chi connectivity index (χ1) is 7.70. The van der Waals surface area contributed by atoms with Gasteiger partial charge >= 0.3 is 5.97 Å². The van der Waals surface area contributed by atoms with Crippen molar-refractivity contribution in [3.8, 4) is 0 Å². The topological polar surface area (TPSA) is 26.3 Å². The maximum absolute atomic E-state index is 11.4. The minimum Gasteiger partial charge on any atom is -0.468 e. The highest BCUT2D eigenvalue weighted by Gasteiger charge is 2.25. The molecule has 1 aromatic carbocycles. The van der Waals surface area contributed by atoms with Crippen LogP contribution >= 0.6 is 11.8 Å². The number of rotatable bonds is 2. The predicted octanol–water partition coefficient (Wildman–Crippen LogP) is 3.01. The van der Waals surface area contributed by atoms with Crippen molar-refractivity contribution in [3.05, 3.63) is 41.5 Å². The van der Waals surface area contributed by atoms with Gasteiger partial charge < -0.3 is 4.74 Å². The fourth-order valence-corrected chi connectivity index (χ4v) is 2.80. The second-order valence-corrected chi connectivity index (χ2v) is 5.04. The third-order valence-electron chi connectivity index (χ3n) is 2.59. The Labute approximate surface area is 99.7 Å². The average Bonchev–Trinajstić information content (AvgIpc) is 2.78. The lowest BCUT2D eigenvalue weighted by atomic mass is 10.1. The van der Waals surface area contributed by atoms with Crippen molar-refractivity contribution in [1.82, 2.24) is 0 Å². The predicted molar refractivity (Wildman–Crippen MR) is 67.2 cm³/mol. The number of carbonyl (C=O) groups is 1. The summed E-state index contributed by atoms with van der Waals surface area (Å²) in [5.74, 6) is -0.136.